The van der Waals surface area contributed by atoms with Gasteiger partial charge in [0.25, 0.3) is 0 Å². The molecule has 2 aliphatic rings. The van der Waals surface area contributed by atoms with Crippen LogP contribution in [0.1, 0.15) is 62.5 Å². The van der Waals surface area contributed by atoms with Crippen molar-refractivity contribution < 1.29 is 4.74 Å². The van der Waals surface area contributed by atoms with Gasteiger partial charge in [-0.2, -0.15) is 0 Å². The molecule has 1 aliphatic carbocycles. The summed E-state index contributed by atoms with van der Waals surface area (Å²) in [6.07, 6.45) is 6.22. The summed E-state index contributed by atoms with van der Waals surface area (Å²) < 4.78 is 7.77. The molecule has 0 amide bonds. The van der Waals surface area contributed by atoms with Crippen molar-refractivity contribution in [2.75, 3.05) is 39.8 Å². The second-order valence-electron chi connectivity index (χ2n) is 8.02. The predicted molar refractivity (Wildman–Crippen MR) is 108 cm³/mol. The van der Waals surface area contributed by atoms with Gasteiger partial charge in [0, 0.05) is 26.2 Å². The molecule has 2 fully saturated rings. The quantitative estimate of drug-likeness (QED) is 0.763. The average Bonchev–Trinajstić information content (AvgIpc) is 3.21. The van der Waals surface area contributed by atoms with E-state index in [1.807, 2.05) is 6.92 Å². The number of likely N-dealkylation sites (N-methyl/N-ethyl adjacent to an activating group) is 1. The van der Waals surface area contributed by atoms with Gasteiger partial charge in [-0.25, -0.2) is 4.68 Å². The molecular formula is C21H32N6O. The van der Waals surface area contributed by atoms with Crippen molar-refractivity contribution in [2.24, 2.45) is 0 Å². The number of piperazine rings is 1. The number of ether oxygens (including phenoxy) is 1. The van der Waals surface area contributed by atoms with E-state index in [2.05, 4.69) is 61.3 Å². The highest BCUT2D eigenvalue weighted by Crippen LogP contribution is 2.34. The van der Waals surface area contributed by atoms with Gasteiger partial charge in [-0.05, 0) is 54.9 Å². The molecule has 0 N–H and O–H groups in total. The van der Waals surface area contributed by atoms with E-state index >= 15 is 0 Å². The Balaban J connectivity index is 1.66. The van der Waals surface area contributed by atoms with E-state index in [4.69, 9.17) is 4.74 Å². The Kier molecular flexibility index (Phi) is 6.22. The fraction of sp³-hybridized carbons (Fsp3) is 0.667. The number of aromatic nitrogens is 4. The van der Waals surface area contributed by atoms with Crippen LogP contribution in [0.4, 0.5) is 0 Å². The normalized spacial score (nSPS) is 20.9. The lowest BCUT2D eigenvalue weighted by molar-refractivity contribution is 0.119. The summed E-state index contributed by atoms with van der Waals surface area (Å²) in [7, 11) is 2.19. The second kappa shape index (κ2) is 9.01. The van der Waals surface area contributed by atoms with Crippen LogP contribution in [-0.4, -0.2) is 69.8 Å². The molecule has 1 aliphatic heterocycles. The fourth-order valence-corrected chi connectivity index (χ4v) is 4.48. The fourth-order valence-electron chi connectivity index (χ4n) is 4.48. The molecule has 2 heterocycles. The monoisotopic (exact) mass is 384 g/mol. The molecule has 1 unspecified atom stereocenters. The Labute approximate surface area is 167 Å². The van der Waals surface area contributed by atoms with Gasteiger partial charge < -0.3 is 9.64 Å². The molecule has 1 saturated carbocycles. The van der Waals surface area contributed by atoms with Crippen molar-refractivity contribution in [1.82, 2.24) is 30.0 Å². The molecule has 0 spiro atoms. The van der Waals surface area contributed by atoms with Crippen molar-refractivity contribution in [1.29, 1.82) is 0 Å². The summed E-state index contributed by atoms with van der Waals surface area (Å²) >= 11 is 0. The first kappa shape index (κ1) is 19.3. The van der Waals surface area contributed by atoms with Gasteiger partial charge in [-0.1, -0.05) is 31.4 Å². The minimum atomic E-state index is 0.0845. The molecule has 4 rings (SSSR count). The van der Waals surface area contributed by atoms with Crippen molar-refractivity contribution >= 4 is 0 Å². The zero-order valence-corrected chi connectivity index (χ0v) is 17.1. The number of rotatable bonds is 6. The summed E-state index contributed by atoms with van der Waals surface area (Å²) in [5.74, 6) is 1.90. The largest absolute Gasteiger partial charge is 0.494 e. The van der Waals surface area contributed by atoms with Crippen LogP contribution in [0.5, 0.6) is 5.75 Å². The Morgan fingerprint density at radius 1 is 1.04 bits per heavy atom. The van der Waals surface area contributed by atoms with Crippen LogP contribution >= 0.6 is 0 Å². The second-order valence-corrected chi connectivity index (χ2v) is 8.02. The molecule has 28 heavy (non-hydrogen) atoms. The third-order valence-corrected chi connectivity index (χ3v) is 6.09. The Morgan fingerprint density at radius 2 is 1.75 bits per heavy atom. The van der Waals surface area contributed by atoms with E-state index in [9.17, 15) is 0 Å². The summed E-state index contributed by atoms with van der Waals surface area (Å²) in [6, 6.07) is 8.99. The Hall–Kier alpha value is -1.99. The van der Waals surface area contributed by atoms with E-state index < -0.39 is 0 Å². The number of benzene rings is 1. The molecule has 1 atom stereocenters. The first-order chi connectivity index (χ1) is 13.8. The van der Waals surface area contributed by atoms with E-state index in [0.717, 1.165) is 37.8 Å². The zero-order chi connectivity index (χ0) is 19.3. The molecule has 2 aromatic rings. The average molecular weight is 385 g/mol. The lowest BCUT2D eigenvalue weighted by atomic mass is 9.95. The third-order valence-electron chi connectivity index (χ3n) is 6.09. The molecular weight excluding hydrogens is 352 g/mol. The molecule has 1 aromatic carbocycles. The van der Waals surface area contributed by atoms with Gasteiger partial charge in [0.2, 0.25) is 0 Å². The van der Waals surface area contributed by atoms with Crippen LogP contribution in [0, 0.1) is 0 Å². The molecule has 7 heteroatoms. The maximum atomic E-state index is 5.64. The topological polar surface area (TPSA) is 59.3 Å². The molecule has 1 saturated heterocycles. The smallest absolute Gasteiger partial charge is 0.173 e. The number of hydrogen-bond acceptors (Lipinski definition) is 6. The standard InChI is InChI=1S/C21H32N6O/c1-3-28-19-11-9-17(10-12-19)20(26-15-13-25(2)14-16-26)21-22-23-24-27(21)18-7-5-4-6-8-18/h9-12,18,20H,3-8,13-16H2,1-2H3. The Morgan fingerprint density at radius 3 is 2.43 bits per heavy atom. The van der Waals surface area contributed by atoms with Crippen LogP contribution in [0.15, 0.2) is 24.3 Å². The Bertz CT molecular complexity index is 732. The SMILES string of the molecule is CCOc1ccc(C(c2nnnn2C2CCCCC2)N2CCN(C)CC2)cc1. The van der Waals surface area contributed by atoms with Crippen LogP contribution in [-0.2, 0) is 0 Å². The number of tetrazole rings is 1. The van der Waals surface area contributed by atoms with Crippen LogP contribution in [0.3, 0.4) is 0 Å². The highest BCUT2D eigenvalue weighted by molar-refractivity contribution is 5.32. The first-order valence-corrected chi connectivity index (χ1v) is 10.7. The van der Waals surface area contributed by atoms with E-state index in [-0.39, 0.29) is 6.04 Å². The van der Waals surface area contributed by atoms with Crippen LogP contribution in [0.2, 0.25) is 0 Å². The first-order valence-electron chi connectivity index (χ1n) is 10.7. The van der Waals surface area contributed by atoms with E-state index in [1.54, 1.807) is 0 Å². The van der Waals surface area contributed by atoms with Gasteiger partial charge in [-0.3, -0.25) is 4.90 Å². The number of hydrogen-bond donors (Lipinski definition) is 0. The van der Waals surface area contributed by atoms with E-state index in [1.165, 1.54) is 37.7 Å². The maximum absolute atomic E-state index is 5.64. The van der Waals surface area contributed by atoms with Crippen molar-refractivity contribution in [3.05, 3.63) is 35.7 Å². The van der Waals surface area contributed by atoms with Gasteiger partial charge in [0.05, 0.1) is 18.7 Å². The van der Waals surface area contributed by atoms with Crippen LogP contribution in [0.25, 0.3) is 0 Å². The molecule has 1 aromatic heterocycles. The predicted octanol–water partition coefficient (Wildman–Crippen LogP) is 2.91. The lowest BCUT2D eigenvalue weighted by Crippen LogP contribution is -2.46. The minimum absolute atomic E-state index is 0.0845. The lowest BCUT2D eigenvalue weighted by Gasteiger charge is -2.38. The maximum Gasteiger partial charge on any atom is 0.173 e. The summed E-state index contributed by atoms with van der Waals surface area (Å²) in [5.41, 5.74) is 1.24. The molecule has 0 bridgehead atoms. The minimum Gasteiger partial charge on any atom is -0.494 e. The number of nitrogens with zero attached hydrogens (tertiary/aromatic N) is 6. The summed E-state index contributed by atoms with van der Waals surface area (Å²) in [5, 5.41) is 13.1. The molecule has 7 nitrogen and oxygen atoms in total. The van der Waals surface area contributed by atoms with Crippen molar-refractivity contribution in [3.8, 4) is 5.75 Å². The van der Waals surface area contributed by atoms with Crippen molar-refractivity contribution in [2.45, 2.75) is 51.1 Å². The third kappa shape index (κ3) is 4.20. The van der Waals surface area contributed by atoms with Gasteiger partial charge in [0.1, 0.15) is 5.75 Å². The highest BCUT2D eigenvalue weighted by atomic mass is 16.5. The van der Waals surface area contributed by atoms with Gasteiger partial charge in [0.15, 0.2) is 5.82 Å². The summed E-state index contributed by atoms with van der Waals surface area (Å²) in [6.45, 7) is 6.87. The highest BCUT2D eigenvalue weighted by Gasteiger charge is 2.32. The van der Waals surface area contributed by atoms with E-state index in [0.29, 0.717) is 12.6 Å². The summed E-state index contributed by atoms with van der Waals surface area (Å²) in [4.78, 5) is 4.91. The molecule has 0 radical (unpaired) electrons. The van der Waals surface area contributed by atoms with Gasteiger partial charge >= 0.3 is 0 Å². The zero-order valence-electron chi connectivity index (χ0n) is 17.1. The van der Waals surface area contributed by atoms with Crippen molar-refractivity contribution in [3.63, 3.8) is 0 Å². The van der Waals surface area contributed by atoms with Gasteiger partial charge in [-0.15, -0.1) is 5.10 Å². The van der Waals surface area contributed by atoms with Crippen LogP contribution < -0.4 is 4.74 Å². The molecule has 152 valence electrons.